The van der Waals surface area contributed by atoms with Crippen molar-refractivity contribution in [3.05, 3.63) is 110 Å². The topological polar surface area (TPSA) is 159 Å². The van der Waals surface area contributed by atoms with Crippen LogP contribution >= 0.6 is 0 Å². The van der Waals surface area contributed by atoms with Gasteiger partial charge in [-0.1, -0.05) is 24.1 Å². The Kier molecular flexibility index (Phi) is 8.20. The molecule has 0 aliphatic rings. The molecule has 4 rings (SSSR count). The molecule has 0 aliphatic carbocycles. The molecule has 1 atom stereocenters. The molecular weight excluding hydrogens is 514 g/mol. The van der Waals surface area contributed by atoms with E-state index in [2.05, 4.69) is 21.2 Å². The number of hydrogen-bond acceptors (Lipinski definition) is 7. The fourth-order valence-corrected chi connectivity index (χ4v) is 4.22. The summed E-state index contributed by atoms with van der Waals surface area (Å²) in [5, 5.41) is 23.4. The molecule has 3 aromatic carbocycles. The number of non-ortho nitro benzene ring substituents is 1. The molecule has 1 aromatic heterocycles. The number of benzene rings is 3. The highest BCUT2D eigenvalue weighted by Crippen LogP contribution is 2.20. The van der Waals surface area contributed by atoms with E-state index in [0.717, 1.165) is 11.3 Å². The summed E-state index contributed by atoms with van der Waals surface area (Å²) in [6, 6.07) is 16.2. The second kappa shape index (κ2) is 11.9. The van der Waals surface area contributed by atoms with E-state index in [9.17, 15) is 29.6 Å². The number of fused-ring (bicyclic) bond motifs is 1. The van der Waals surface area contributed by atoms with Crippen molar-refractivity contribution in [3.63, 3.8) is 0 Å². The lowest BCUT2D eigenvalue weighted by atomic mass is 10.0. The van der Waals surface area contributed by atoms with Gasteiger partial charge in [0.1, 0.15) is 11.9 Å². The van der Waals surface area contributed by atoms with Crippen molar-refractivity contribution < 1.29 is 19.6 Å². The molecule has 40 heavy (non-hydrogen) atoms. The first-order chi connectivity index (χ1) is 19.1. The quantitative estimate of drug-likeness (QED) is 0.157. The number of H-pyrrole nitrogens is 1. The lowest BCUT2D eigenvalue weighted by Crippen LogP contribution is -2.42. The highest BCUT2D eigenvalue weighted by Gasteiger charge is 2.22. The van der Waals surface area contributed by atoms with E-state index in [0.29, 0.717) is 28.8 Å². The number of carboxylic acids is 1. The number of nitro benzene ring substituents is 1. The van der Waals surface area contributed by atoms with E-state index < -0.39 is 22.8 Å². The van der Waals surface area contributed by atoms with Gasteiger partial charge in [-0.3, -0.25) is 19.7 Å². The summed E-state index contributed by atoms with van der Waals surface area (Å²) in [4.78, 5) is 56.2. The number of nitro groups is 1. The smallest absolute Gasteiger partial charge is 0.326 e. The fraction of sp³-hybridized carbons (Fsp3) is 0.172. The first-order valence-corrected chi connectivity index (χ1v) is 12.2. The van der Waals surface area contributed by atoms with Gasteiger partial charge < -0.3 is 20.3 Å². The summed E-state index contributed by atoms with van der Waals surface area (Å²) in [5.41, 5.74) is 2.61. The number of aliphatic carboxylic acids is 1. The third-order valence-corrected chi connectivity index (χ3v) is 6.23. The molecule has 1 heterocycles. The van der Waals surface area contributed by atoms with Crippen LogP contribution in [0.25, 0.3) is 10.9 Å². The van der Waals surface area contributed by atoms with Gasteiger partial charge in [-0.2, -0.15) is 0 Å². The van der Waals surface area contributed by atoms with Gasteiger partial charge in [0.05, 0.1) is 22.4 Å². The second-order valence-electron chi connectivity index (χ2n) is 9.10. The van der Waals surface area contributed by atoms with Crippen molar-refractivity contribution in [3.8, 4) is 12.3 Å². The number of aryl methyl sites for hydroxylation is 1. The Balaban J connectivity index is 1.47. The average molecular weight is 540 g/mol. The normalized spacial score (nSPS) is 11.4. The molecule has 0 spiro atoms. The van der Waals surface area contributed by atoms with E-state index in [1.54, 1.807) is 43.3 Å². The lowest BCUT2D eigenvalue weighted by molar-refractivity contribution is -0.384. The first kappa shape index (κ1) is 27.5. The first-order valence-electron chi connectivity index (χ1n) is 12.2. The summed E-state index contributed by atoms with van der Waals surface area (Å²) >= 11 is 0. The minimum Gasteiger partial charge on any atom is -0.480 e. The predicted molar refractivity (Wildman–Crippen MR) is 149 cm³/mol. The van der Waals surface area contributed by atoms with Crippen molar-refractivity contribution >= 4 is 34.2 Å². The molecule has 1 amide bonds. The Labute approximate surface area is 228 Å². The number of nitrogens with one attached hydrogen (secondary N) is 2. The Hall–Kier alpha value is -5.50. The fourth-order valence-electron chi connectivity index (χ4n) is 4.22. The predicted octanol–water partition coefficient (Wildman–Crippen LogP) is 3.21. The van der Waals surface area contributed by atoms with Gasteiger partial charge in [0.2, 0.25) is 0 Å². The Morgan fingerprint density at radius 2 is 1.80 bits per heavy atom. The highest BCUT2D eigenvalue weighted by atomic mass is 16.6. The molecule has 11 nitrogen and oxygen atoms in total. The van der Waals surface area contributed by atoms with Crippen molar-refractivity contribution in [2.75, 3.05) is 11.4 Å². The number of aromatic amines is 1. The minimum atomic E-state index is -1.24. The minimum absolute atomic E-state index is 0.0449. The van der Waals surface area contributed by atoms with E-state index in [-0.39, 0.29) is 29.8 Å². The molecule has 0 saturated heterocycles. The van der Waals surface area contributed by atoms with Gasteiger partial charge in [-0.05, 0) is 54.4 Å². The van der Waals surface area contributed by atoms with Crippen molar-refractivity contribution in [2.45, 2.75) is 25.9 Å². The molecule has 202 valence electrons. The number of hydrogen-bond donors (Lipinski definition) is 3. The number of carboxylic acid groups (broad SMARTS) is 1. The number of carbonyl (C=O) groups excluding carboxylic acids is 1. The van der Waals surface area contributed by atoms with Gasteiger partial charge in [-0.25, -0.2) is 9.78 Å². The van der Waals surface area contributed by atoms with Gasteiger partial charge in [0.15, 0.2) is 0 Å². The van der Waals surface area contributed by atoms with Crippen molar-refractivity contribution in [2.24, 2.45) is 0 Å². The molecule has 0 bridgehead atoms. The molecule has 4 aromatic rings. The number of nitrogens with zero attached hydrogens (tertiary/aromatic N) is 3. The maximum Gasteiger partial charge on any atom is 0.326 e. The Morgan fingerprint density at radius 1 is 1.12 bits per heavy atom. The summed E-state index contributed by atoms with van der Waals surface area (Å²) in [6.45, 7) is 2.38. The molecule has 0 fully saturated rings. The molecule has 0 radical (unpaired) electrons. The van der Waals surface area contributed by atoms with Gasteiger partial charge in [-0.15, -0.1) is 6.42 Å². The number of anilines is 1. The van der Waals surface area contributed by atoms with Crippen LogP contribution in [0.3, 0.4) is 0 Å². The Morgan fingerprint density at radius 3 is 2.42 bits per heavy atom. The monoisotopic (exact) mass is 539 g/mol. The SMILES string of the molecule is C#CCN(Cc1ccc2nc(C)[nH]c(=O)c2c1)c1ccc(C(=O)N[C@@H](Cc2ccc([N+](=O)[O-])cc2)C(=O)O)cc1. The van der Waals surface area contributed by atoms with Crippen LogP contribution in [-0.2, 0) is 17.8 Å². The van der Waals surface area contributed by atoms with Gasteiger partial charge in [0, 0.05) is 36.3 Å². The summed E-state index contributed by atoms with van der Waals surface area (Å²) < 4.78 is 0. The number of amides is 1. The second-order valence-corrected chi connectivity index (χ2v) is 9.10. The van der Waals surface area contributed by atoms with Crippen LogP contribution in [0.1, 0.15) is 27.3 Å². The molecule has 11 heteroatoms. The van der Waals surface area contributed by atoms with Crippen LogP contribution in [0.5, 0.6) is 0 Å². The van der Waals surface area contributed by atoms with Crippen molar-refractivity contribution in [1.82, 2.24) is 15.3 Å². The van der Waals surface area contributed by atoms with Gasteiger partial charge in [0.25, 0.3) is 17.2 Å². The molecular formula is C29H25N5O6. The zero-order valence-corrected chi connectivity index (χ0v) is 21.5. The molecule has 3 N–H and O–H groups in total. The van der Waals surface area contributed by atoms with E-state index >= 15 is 0 Å². The Bertz CT molecular complexity index is 1670. The summed E-state index contributed by atoms with van der Waals surface area (Å²) in [5.74, 6) is 1.33. The zero-order chi connectivity index (χ0) is 28.8. The van der Waals surface area contributed by atoms with Crippen LogP contribution in [0.4, 0.5) is 11.4 Å². The van der Waals surface area contributed by atoms with Crippen molar-refractivity contribution in [1.29, 1.82) is 0 Å². The zero-order valence-electron chi connectivity index (χ0n) is 21.5. The van der Waals surface area contributed by atoms with Crippen LogP contribution < -0.4 is 15.8 Å². The van der Waals surface area contributed by atoms with Gasteiger partial charge >= 0.3 is 5.97 Å². The molecule has 0 saturated carbocycles. The maximum atomic E-state index is 12.8. The van der Waals surface area contributed by atoms with Crippen LogP contribution in [0, 0.1) is 29.4 Å². The molecule has 0 aliphatic heterocycles. The summed E-state index contributed by atoms with van der Waals surface area (Å²) in [6.07, 6.45) is 5.54. The van der Waals surface area contributed by atoms with Crippen LogP contribution in [0.2, 0.25) is 0 Å². The van der Waals surface area contributed by atoms with E-state index in [4.69, 9.17) is 6.42 Å². The third-order valence-electron chi connectivity index (χ3n) is 6.23. The number of rotatable bonds is 10. The van der Waals surface area contributed by atoms with E-state index in [1.165, 1.54) is 24.3 Å². The number of carbonyl (C=O) groups is 2. The number of aromatic nitrogens is 2. The molecule has 0 unspecified atom stereocenters. The lowest BCUT2D eigenvalue weighted by Gasteiger charge is -2.23. The third kappa shape index (κ3) is 6.49. The highest BCUT2D eigenvalue weighted by molar-refractivity contribution is 5.97. The van der Waals surface area contributed by atoms with E-state index in [1.807, 2.05) is 11.0 Å². The standard InChI is InChI=1S/C29H25N5O6/c1-3-14-33(17-20-6-13-25-24(15-20)28(36)31-18(2)30-25)22-11-7-21(8-12-22)27(35)32-26(29(37)38)16-19-4-9-23(10-5-19)34(39)40/h1,4-13,15,26H,14,16-17H2,2H3,(H,32,35)(H,37,38)(H,30,31,36)/t26-/m0/s1. The summed E-state index contributed by atoms with van der Waals surface area (Å²) in [7, 11) is 0. The average Bonchev–Trinajstić information content (AvgIpc) is 2.93. The largest absolute Gasteiger partial charge is 0.480 e. The number of terminal acetylenes is 1. The van der Waals surface area contributed by atoms with Crippen LogP contribution in [0.15, 0.2) is 71.5 Å². The van der Waals surface area contributed by atoms with Crippen LogP contribution in [-0.4, -0.2) is 44.5 Å². The maximum absolute atomic E-state index is 12.8.